The lowest BCUT2D eigenvalue weighted by atomic mass is 10.2. The minimum absolute atomic E-state index is 0.360. The molecule has 0 atom stereocenters. The molecule has 0 unspecified atom stereocenters. The van der Waals surface area contributed by atoms with Crippen molar-refractivity contribution in [2.24, 2.45) is 5.92 Å². The van der Waals surface area contributed by atoms with E-state index in [-0.39, 0.29) is 5.92 Å². The maximum absolute atomic E-state index is 11.7. The Morgan fingerprint density at radius 3 is 1.88 bits per heavy atom. The van der Waals surface area contributed by atoms with E-state index in [1.54, 1.807) is 27.7 Å². The van der Waals surface area contributed by atoms with Gasteiger partial charge in [-0.15, -0.1) is 0 Å². The van der Waals surface area contributed by atoms with Crippen LogP contribution in [0.25, 0.3) is 0 Å². The van der Waals surface area contributed by atoms with Crippen LogP contribution in [0.15, 0.2) is 12.2 Å². The summed E-state index contributed by atoms with van der Waals surface area (Å²) in [6, 6.07) is 0. The van der Waals surface area contributed by atoms with E-state index in [2.05, 4.69) is 14.2 Å². The van der Waals surface area contributed by atoms with Crippen LogP contribution in [0, 0.1) is 5.92 Å². The molecule has 0 aliphatic carbocycles. The minimum atomic E-state index is -0.989. The monoisotopic (exact) mass is 357 g/mol. The predicted molar refractivity (Wildman–Crippen MR) is 84.9 cm³/mol. The second kappa shape index (κ2) is 11.8. The molecule has 0 aromatic carbocycles. The molecule has 0 spiro atoms. The number of esters is 3. The fourth-order valence-corrected chi connectivity index (χ4v) is 1.43. The van der Waals surface area contributed by atoms with Crippen molar-refractivity contribution in [2.45, 2.75) is 27.7 Å². The van der Waals surface area contributed by atoms with Crippen LogP contribution < -0.4 is 0 Å². The first-order valence-electron chi connectivity index (χ1n) is 7.73. The highest BCUT2D eigenvalue weighted by Crippen LogP contribution is 1.96. The third-order valence-corrected chi connectivity index (χ3v) is 2.86. The summed E-state index contributed by atoms with van der Waals surface area (Å²) in [7, 11) is 0. The average Bonchev–Trinajstić information content (AvgIpc) is 2.58. The Morgan fingerprint density at radius 1 is 0.880 bits per heavy atom. The van der Waals surface area contributed by atoms with E-state index in [0.29, 0.717) is 13.1 Å². The molecule has 0 fully saturated rings. The van der Waals surface area contributed by atoms with Crippen molar-refractivity contribution in [3.8, 4) is 0 Å². The van der Waals surface area contributed by atoms with Crippen LogP contribution in [0.1, 0.15) is 27.7 Å². The van der Waals surface area contributed by atoms with Gasteiger partial charge in [-0.05, 0) is 13.8 Å². The fourth-order valence-electron chi connectivity index (χ4n) is 1.43. The lowest BCUT2D eigenvalue weighted by Crippen LogP contribution is -2.38. The van der Waals surface area contributed by atoms with Gasteiger partial charge in [0.25, 0.3) is 11.7 Å². The highest BCUT2D eigenvalue weighted by Gasteiger charge is 2.20. The van der Waals surface area contributed by atoms with Gasteiger partial charge in [0.15, 0.2) is 6.61 Å². The maximum Gasteiger partial charge on any atom is 0.333 e. The van der Waals surface area contributed by atoms with Gasteiger partial charge >= 0.3 is 17.9 Å². The van der Waals surface area contributed by atoms with E-state index in [4.69, 9.17) is 0 Å². The number of nitrogens with zero attached hydrogens (tertiary/aromatic N) is 1. The molecule has 9 heteroatoms. The number of hydrogen-bond acceptors (Lipinski definition) is 8. The van der Waals surface area contributed by atoms with Gasteiger partial charge in [-0.3, -0.25) is 14.4 Å². The summed E-state index contributed by atoms with van der Waals surface area (Å²) in [5.74, 6) is -4.42. The summed E-state index contributed by atoms with van der Waals surface area (Å²) < 4.78 is 13.7. The Balaban J connectivity index is 4.18. The first-order chi connectivity index (χ1) is 11.7. The molecular weight excluding hydrogens is 334 g/mol. The number of ether oxygens (including phenoxy) is 3. The van der Waals surface area contributed by atoms with Crippen molar-refractivity contribution in [1.82, 2.24) is 4.90 Å². The molecule has 0 aliphatic heterocycles. The summed E-state index contributed by atoms with van der Waals surface area (Å²) in [6.07, 6.45) is 1.49. The molecule has 0 rings (SSSR count). The quantitative estimate of drug-likeness (QED) is 0.236. The van der Waals surface area contributed by atoms with E-state index in [0.717, 1.165) is 12.2 Å². The van der Waals surface area contributed by atoms with Gasteiger partial charge < -0.3 is 19.1 Å². The van der Waals surface area contributed by atoms with Crippen LogP contribution in [0.2, 0.25) is 0 Å². The largest absolute Gasteiger partial charge is 0.454 e. The van der Waals surface area contributed by atoms with Gasteiger partial charge in [-0.2, -0.15) is 0 Å². The van der Waals surface area contributed by atoms with Crippen LogP contribution >= 0.6 is 0 Å². The van der Waals surface area contributed by atoms with Crippen LogP contribution in [-0.4, -0.2) is 61.0 Å². The fraction of sp³-hybridized carbons (Fsp3) is 0.562. The molecule has 0 radical (unpaired) electrons. The van der Waals surface area contributed by atoms with Gasteiger partial charge in [-0.25, -0.2) is 9.59 Å². The molecule has 0 saturated carbocycles. The van der Waals surface area contributed by atoms with Crippen molar-refractivity contribution in [3.63, 3.8) is 0 Å². The number of carbonyl (C=O) groups excluding carboxylic acids is 5. The number of hydrogen-bond donors (Lipinski definition) is 0. The topological polar surface area (TPSA) is 116 Å². The zero-order valence-electron chi connectivity index (χ0n) is 14.8. The summed E-state index contributed by atoms with van der Waals surface area (Å²) in [5.41, 5.74) is 0. The lowest BCUT2D eigenvalue weighted by Gasteiger charge is -2.17. The molecule has 0 bridgehead atoms. The molecule has 0 aliphatic rings. The Labute approximate surface area is 145 Å². The predicted octanol–water partition coefficient (Wildman–Crippen LogP) is 0.223. The molecular formula is C16H23NO8. The molecule has 25 heavy (non-hydrogen) atoms. The normalized spacial score (nSPS) is 10.4. The number of Topliss-reactive ketones (excluding diaryl/α,β-unsaturated/α-hetero) is 1. The third kappa shape index (κ3) is 9.23. The SMILES string of the molecule is CCN(CC)C(=O)C(=O)COC(=O)/C=C/C(=O)OCOC(=O)C(C)C. The zero-order valence-corrected chi connectivity index (χ0v) is 14.8. The second-order valence-electron chi connectivity index (χ2n) is 5.04. The van der Waals surface area contributed by atoms with Crippen molar-refractivity contribution in [1.29, 1.82) is 0 Å². The Bertz CT molecular complexity index is 534. The van der Waals surface area contributed by atoms with E-state index >= 15 is 0 Å². The van der Waals surface area contributed by atoms with Gasteiger partial charge in [0.2, 0.25) is 6.79 Å². The minimum Gasteiger partial charge on any atom is -0.454 e. The Kier molecular flexibility index (Phi) is 10.5. The number of carbonyl (C=O) groups is 5. The molecule has 0 heterocycles. The molecule has 0 saturated heterocycles. The second-order valence-corrected chi connectivity index (χ2v) is 5.04. The highest BCUT2D eigenvalue weighted by molar-refractivity contribution is 6.36. The van der Waals surface area contributed by atoms with Gasteiger partial charge in [0.1, 0.15) is 0 Å². The van der Waals surface area contributed by atoms with Crippen molar-refractivity contribution in [2.75, 3.05) is 26.5 Å². The van der Waals surface area contributed by atoms with Gasteiger partial charge in [0.05, 0.1) is 5.92 Å². The molecule has 0 aromatic rings. The van der Waals surface area contributed by atoms with Gasteiger partial charge in [0, 0.05) is 25.2 Å². The van der Waals surface area contributed by atoms with Gasteiger partial charge in [-0.1, -0.05) is 13.8 Å². The van der Waals surface area contributed by atoms with Crippen LogP contribution in [0.3, 0.4) is 0 Å². The first kappa shape index (κ1) is 22.3. The van der Waals surface area contributed by atoms with E-state index < -0.39 is 43.0 Å². The molecule has 1 amide bonds. The number of amides is 1. The third-order valence-electron chi connectivity index (χ3n) is 2.86. The molecule has 0 N–H and O–H groups in total. The zero-order chi connectivity index (χ0) is 19.4. The van der Waals surface area contributed by atoms with Crippen molar-refractivity contribution in [3.05, 3.63) is 12.2 Å². The standard InChI is InChI=1S/C16H23NO8/c1-5-17(6-2)15(21)12(18)9-23-13(19)7-8-14(20)24-10-25-16(22)11(3)4/h7-8,11H,5-6,9-10H2,1-4H3/b8-7+. The molecule has 9 nitrogen and oxygen atoms in total. The van der Waals surface area contributed by atoms with Crippen molar-refractivity contribution >= 4 is 29.6 Å². The Morgan fingerprint density at radius 2 is 1.40 bits per heavy atom. The van der Waals surface area contributed by atoms with E-state index in [1.807, 2.05) is 0 Å². The average molecular weight is 357 g/mol. The van der Waals surface area contributed by atoms with Crippen LogP contribution in [0.5, 0.6) is 0 Å². The molecule has 0 aromatic heterocycles. The molecule has 140 valence electrons. The first-order valence-corrected chi connectivity index (χ1v) is 7.73. The Hall–Kier alpha value is -2.71. The maximum atomic E-state index is 11.7. The summed E-state index contributed by atoms with van der Waals surface area (Å²) in [5, 5.41) is 0. The number of likely N-dealkylation sites (N-methyl/N-ethyl adjacent to an activating group) is 1. The van der Waals surface area contributed by atoms with Crippen molar-refractivity contribution < 1.29 is 38.2 Å². The number of ketones is 1. The van der Waals surface area contributed by atoms with E-state index in [9.17, 15) is 24.0 Å². The van der Waals surface area contributed by atoms with Crippen LogP contribution in [0.4, 0.5) is 0 Å². The summed E-state index contributed by atoms with van der Waals surface area (Å²) in [4.78, 5) is 58.3. The highest BCUT2D eigenvalue weighted by atomic mass is 16.7. The summed E-state index contributed by atoms with van der Waals surface area (Å²) >= 11 is 0. The number of rotatable bonds is 10. The lowest BCUT2D eigenvalue weighted by molar-refractivity contribution is -0.166. The van der Waals surface area contributed by atoms with Crippen LogP contribution in [-0.2, 0) is 38.2 Å². The summed E-state index contributed by atoms with van der Waals surface area (Å²) in [6.45, 7) is 6.09. The smallest absolute Gasteiger partial charge is 0.333 e. The van der Waals surface area contributed by atoms with E-state index in [1.165, 1.54) is 4.90 Å².